The number of fused-ring (bicyclic) bond motifs is 1. The molecule has 2 atom stereocenters. The van der Waals surface area contributed by atoms with Crippen molar-refractivity contribution in [3.63, 3.8) is 0 Å². The number of carboxylic acid groups (broad SMARTS) is 1. The predicted molar refractivity (Wildman–Crippen MR) is 77.4 cm³/mol. The summed E-state index contributed by atoms with van der Waals surface area (Å²) in [6.45, 7) is 1.06. The molecule has 0 aliphatic carbocycles. The highest BCUT2D eigenvalue weighted by molar-refractivity contribution is 5.99. The minimum atomic E-state index is -0.835. The molecule has 21 heavy (non-hydrogen) atoms. The van der Waals surface area contributed by atoms with E-state index >= 15 is 0 Å². The second kappa shape index (κ2) is 5.85. The van der Waals surface area contributed by atoms with Crippen LogP contribution in [0.1, 0.15) is 37.2 Å². The summed E-state index contributed by atoms with van der Waals surface area (Å²) in [6.07, 6.45) is 2.43. The van der Waals surface area contributed by atoms with Crippen molar-refractivity contribution in [2.45, 2.75) is 37.7 Å². The minimum Gasteiger partial charge on any atom is -0.481 e. The molecule has 3 rings (SSSR count). The van der Waals surface area contributed by atoms with Crippen LogP contribution < -0.4 is 4.90 Å². The number of hydrogen-bond acceptors (Lipinski definition) is 3. The van der Waals surface area contributed by atoms with Gasteiger partial charge in [-0.3, -0.25) is 9.59 Å². The van der Waals surface area contributed by atoms with E-state index in [1.165, 1.54) is 0 Å². The van der Waals surface area contributed by atoms with Crippen molar-refractivity contribution in [3.8, 4) is 0 Å². The maximum absolute atomic E-state index is 12.6. The fraction of sp³-hybridized carbons (Fsp3) is 0.500. The van der Waals surface area contributed by atoms with Crippen LogP contribution >= 0.6 is 0 Å². The fourth-order valence-electron chi connectivity index (χ4n) is 3.20. The van der Waals surface area contributed by atoms with Crippen molar-refractivity contribution >= 4 is 17.6 Å². The molecule has 2 heterocycles. The first kappa shape index (κ1) is 14.1. The van der Waals surface area contributed by atoms with E-state index in [1.807, 2.05) is 24.3 Å². The van der Waals surface area contributed by atoms with Crippen LogP contribution in [0.5, 0.6) is 0 Å². The number of benzene rings is 1. The van der Waals surface area contributed by atoms with Crippen LogP contribution in [-0.4, -0.2) is 36.2 Å². The fourth-order valence-corrected chi connectivity index (χ4v) is 3.20. The third kappa shape index (κ3) is 2.78. The SMILES string of the molecule is O=C(O)CC1CN(C(=O)C2CCCCO2)c2ccccc21. The standard InChI is InChI=1S/C16H19NO4/c18-15(19)9-11-10-17(13-6-2-1-5-12(11)13)16(20)14-7-3-4-8-21-14/h1-2,5-6,11,14H,3-4,7-10H2,(H,18,19). The van der Waals surface area contributed by atoms with Crippen LogP contribution in [-0.2, 0) is 14.3 Å². The van der Waals surface area contributed by atoms with E-state index in [2.05, 4.69) is 0 Å². The Morgan fingerprint density at radius 1 is 1.29 bits per heavy atom. The van der Waals surface area contributed by atoms with Crippen molar-refractivity contribution in [2.24, 2.45) is 0 Å². The van der Waals surface area contributed by atoms with Crippen LogP contribution in [0.2, 0.25) is 0 Å². The van der Waals surface area contributed by atoms with E-state index in [0.717, 1.165) is 30.5 Å². The quantitative estimate of drug-likeness (QED) is 0.926. The number of nitrogens with zero attached hydrogens (tertiary/aromatic N) is 1. The van der Waals surface area contributed by atoms with Gasteiger partial charge in [0.05, 0.1) is 6.42 Å². The average molecular weight is 289 g/mol. The first-order valence-corrected chi connectivity index (χ1v) is 7.40. The van der Waals surface area contributed by atoms with Crippen LogP contribution in [0.15, 0.2) is 24.3 Å². The predicted octanol–water partition coefficient (Wildman–Crippen LogP) is 2.16. The molecule has 0 bridgehead atoms. The second-order valence-electron chi connectivity index (χ2n) is 5.66. The summed E-state index contributed by atoms with van der Waals surface area (Å²) >= 11 is 0. The summed E-state index contributed by atoms with van der Waals surface area (Å²) in [7, 11) is 0. The Bertz CT molecular complexity index is 551. The van der Waals surface area contributed by atoms with Gasteiger partial charge in [0.1, 0.15) is 6.10 Å². The van der Waals surface area contributed by atoms with Gasteiger partial charge in [-0.15, -0.1) is 0 Å². The zero-order chi connectivity index (χ0) is 14.8. The highest BCUT2D eigenvalue weighted by Crippen LogP contribution is 2.38. The third-order valence-electron chi connectivity index (χ3n) is 4.21. The van der Waals surface area contributed by atoms with Gasteiger partial charge in [0.25, 0.3) is 5.91 Å². The number of carbonyl (C=O) groups is 2. The van der Waals surface area contributed by atoms with Crippen molar-refractivity contribution in [1.82, 2.24) is 0 Å². The number of rotatable bonds is 3. The number of hydrogen-bond donors (Lipinski definition) is 1. The molecule has 0 radical (unpaired) electrons. The van der Waals surface area contributed by atoms with E-state index in [9.17, 15) is 9.59 Å². The van der Waals surface area contributed by atoms with Crippen LogP contribution in [0, 0.1) is 0 Å². The number of para-hydroxylation sites is 1. The Labute approximate surface area is 123 Å². The lowest BCUT2D eigenvalue weighted by atomic mass is 9.98. The highest BCUT2D eigenvalue weighted by atomic mass is 16.5. The number of aliphatic carboxylic acids is 1. The lowest BCUT2D eigenvalue weighted by Gasteiger charge is -2.27. The topological polar surface area (TPSA) is 66.8 Å². The molecule has 1 N–H and O–H groups in total. The molecule has 2 unspecified atom stereocenters. The van der Waals surface area contributed by atoms with Gasteiger partial charge in [0.15, 0.2) is 0 Å². The Hall–Kier alpha value is -1.88. The molecule has 1 amide bonds. The van der Waals surface area contributed by atoms with Gasteiger partial charge in [-0.1, -0.05) is 18.2 Å². The van der Waals surface area contributed by atoms with Crippen LogP contribution in [0.4, 0.5) is 5.69 Å². The number of anilines is 1. The Kier molecular flexibility index (Phi) is 3.92. The molecule has 112 valence electrons. The summed E-state index contributed by atoms with van der Waals surface area (Å²) < 4.78 is 5.58. The molecule has 1 aromatic rings. The lowest BCUT2D eigenvalue weighted by Crippen LogP contribution is -2.41. The first-order chi connectivity index (χ1) is 10.2. The van der Waals surface area contributed by atoms with Crippen molar-refractivity contribution in [2.75, 3.05) is 18.1 Å². The molecule has 5 heteroatoms. The van der Waals surface area contributed by atoms with E-state index in [1.54, 1.807) is 4.90 Å². The summed E-state index contributed by atoms with van der Waals surface area (Å²) in [5.74, 6) is -1.00. The van der Waals surface area contributed by atoms with Crippen molar-refractivity contribution in [1.29, 1.82) is 0 Å². The Balaban J connectivity index is 1.83. The van der Waals surface area contributed by atoms with Crippen molar-refractivity contribution < 1.29 is 19.4 Å². The lowest BCUT2D eigenvalue weighted by molar-refractivity contribution is -0.137. The molecule has 0 saturated carbocycles. The normalized spacial score (nSPS) is 24.7. The van der Waals surface area contributed by atoms with Gasteiger partial charge in [-0.25, -0.2) is 0 Å². The van der Waals surface area contributed by atoms with Gasteiger partial charge in [0.2, 0.25) is 0 Å². The Morgan fingerprint density at radius 2 is 2.10 bits per heavy atom. The highest BCUT2D eigenvalue weighted by Gasteiger charge is 2.36. The van der Waals surface area contributed by atoms with E-state index < -0.39 is 5.97 Å². The molecular formula is C16H19NO4. The monoisotopic (exact) mass is 289 g/mol. The third-order valence-corrected chi connectivity index (χ3v) is 4.21. The zero-order valence-electron chi connectivity index (χ0n) is 11.8. The average Bonchev–Trinajstić information content (AvgIpc) is 2.86. The van der Waals surface area contributed by atoms with Gasteiger partial charge < -0.3 is 14.7 Å². The van der Waals surface area contributed by atoms with E-state index in [4.69, 9.17) is 9.84 Å². The minimum absolute atomic E-state index is 0.0324. The molecule has 0 spiro atoms. The number of ether oxygens (including phenoxy) is 1. The van der Waals surface area contributed by atoms with Gasteiger partial charge in [0, 0.05) is 24.8 Å². The molecule has 1 aromatic carbocycles. The van der Waals surface area contributed by atoms with Gasteiger partial charge in [-0.05, 0) is 30.9 Å². The smallest absolute Gasteiger partial charge is 0.304 e. The molecule has 1 fully saturated rings. The van der Waals surface area contributed by atoms with Crippen LogP contribution in [0.25, 0.3) is 0 Å². The molecule has 0 aromatic heterocycles. The molecular weight excluding hydrogens is 270 g/mol. The maximum atomic E-state index is 12.6. The van der Waals surface area contributed by atoms with E-state index in [-0.39, 0.29) is 24.3 Å². The van der Waals surface area contributed by atoms with Gasteiger partial charge in [-0.2, -0.15) is 0 Å². The largest absolute Gasteiger partial charge is 0.481 e. The second-order valence-corrected chi connectivity index (χ2v) is 5.66. The summed E-state index contributed by atoms with van der Waals surface area (Å²) in [4.78, 5) is 25.4. The first-order valence-electron chi connectivity index (χ1n) is 7.40. The molecule has 2 aliphatic rings. The number of carboxylic acids is 1. The Morgan fingerprint density at radius 3 is 2.81 bits per heavy atom. The molecule has 2 aliphatic heterocycles. The summed E-state index contributed by atoms with van der Waals surface area (Å²) in [5.41, 5.74) is 1.78. The summed E-state index contributed by atoms with van der Waals surface area (Å²) in [5, 5.41) is 9.04. The van der Waals surface area contributed by atoms with Crippen LogP contribution in [0.3, 0.4) is 0 Å². The number of carbonyl (C=O) groups excluding carboxylic acids is 1. The summed E-state index contributed by atoms with van der Waals surface area (Å²) in [6, 6.07) is 7.57. The van der Waals surface area contributed by atoms with E-state index in [0.29, 0.717) is 13.2 Å². The number of amides is 1. The van der Waals surface area contributed by atoms with Gasteiger partial charge >= 0.3 is 5.97 Å². The maximum Gasteiger partial charge on any atom is 0.304 e. The zero-order valence-corrected chi connectivity index (χ0v) is 11.8. The van der Waals surface area contributed by atoms with Crippen molar-refractivity contribution in [3.05, 3.63) is 29.8 Å². The molecule has 1 saturated heterocycles. The molecule has 5 nitrogen and oxygen atoms in total.